The van der Waals surface area contributed by atoms with Crippen LogP contribution in [0.25, 0.3) is 0 Å². The van der Waals surface area contributed by atoms with Gasteiger partial charge in [-0.15, -0.1) is 24.8 Å². The molecule has 1 aromatic rings. The minimum absolute atomic E-state index is 0. The molecule has 0 aliphatic heterocycles. The highest BCUT2D eigenvalue weighted by Gasteiger charge is 1.82. The molecule has 68 valence electrons. The fraction of sp³-hybridized carbons (Fsp3) is 0.143. The van der Waals surface area contributed by atoms with Crippen LogP contribution in [0.3, 0.4) is 0 Å². The first-order valence-electron chi connectivity index (χ1n) is 2.91. The van der Waals surface area contributed by atoms with Crippen LogP contribution in [0, 0.1) is 0 Å². The highest BCUT2D eigenvalue weighted by Crippen LogP contribution is 1.87. The second kappa shape index (κ2) is 8.30. The minimum atomic E-state index is 0. The molecule has 12 heavy (non-hydrogen) atoms. The maximum absolute atomic E-state index is 4.48. The molecule has 0 amide bonds. The largest absolute Gasteiger partial charge is 0.399 e. The van der Waals surface area contributed by atoms with Gasteiger partial charge in [0.15, 0.2) is 0 Å². The summed E-state index contributed by atoms with van der Waals surface area (Å²) >= 11 is 0. The maximum atomic E-state index is 4.48. The molecular formula is C7H10Cl2N2O. The van der Waals surface area contributed by atoms with Crippen LogP contribution in [-0.4, -0.2) is 18.3 Å². The number of halogens is 2. The molecule has 1 aromatic heterocycles. The molecule has 0 saturated carbocycles. The van der Waals surface area contributed by atoms with E-state index in [1.165, 1.54) is 7.11 Å². The first-order chi connectivity index (χ1) is 4.93. The Bertz CT molecular complexity index is 216. The Balaban J connectivity index is 0. The van der Waals surface area contributed by atoms with Crippen LogP contribution in [0.2, 0.25) is 0 Å². The lowest BCUT2D eigenvalue weighted by Crippen LogP contribution is -1.84. The molecule has 0 bridgehead atoms. The number of rotatable bonds is 2. The Morgan fingerprint density at radius 1 is 1.42 bits per heavy atom. The predicted octanol–water partition coefficient (Wildman–Crippen LogP) is 1.91. The van der Waals surface area contributed by atoms with Gasteiger partial charge < -0.3 is 4.84 Å². The first-order valence-corrected chi connectivity index (χ1v) is 2.91. The van der Waals surface area contributed by atoms with Gasteiger partial charge >= 0.3 is 0 Å². The van der Waals surface area contributed by atoms with Crippen LogP contribution < -0.4 is 0 Å². The fourth-order valence-corrected chi connectivity index (χ4v) is 0.559. The summed E-state index contributed by atoms with van der Waals surface area (Å²) in [5.41, 5.74) is 0.796. The van der Waals surface area contributed by atoms with Crippen LogP contribution in [0.1, 0.15) is 5.69 Å². The Kier molecular flexibility index (Phi) is 9.52. The zero-order valence-electron chi connectivity index (χ0n) is 6.51. The number of pyridine rings is 1. The standard InChI is InChI=1S/C7H8N2O.2ClH/c1-10-9-6-7-4-2-3-5-8-7;;/h2-6H,1H3;2*1H. The summed E-state index contributed by atoms with van der Waals surface area (Å²) in [6.45, 7) is 0. The van der Waals surface area contributed by atoms with Crippen molar-refractivity contribution in [3.8, 4) is 0 Å². The van der Waals surface area contributed by atoms with Gasteiger partial charge in [-0.25, -0.2) is 0 Å². The zero-order chi connectivity index (χ0) is 7.23. The van der Waals surface area contributed by atoms with E-state index in [9.17, 15) is 0 Å². The molecule has 0 unspecified atom stereocenters. The number of nitrogens with zero attached hydrogens (tertiary/aromatic N) is 2. The van der Waals surface area contributed by atoms with E-state index in [0.717, 1.165) is 5.69 Å². The normalized spacial score (nSPS) is 8.42. The molecule has 0 aliphatic carbocycles. The van der Waals surface area contributed by atoms with Crippen molar-refractivity contribution in [2.45, 2.75) is 0 Å². The van der Waals surface area contributed by atoms with E-state index in [1.807, 2.05) is 18.2 Å². The number of hydrogen-bond donors (Lipinski definition) is 0. The molecular weight excluding hydrogens is 199 g/mol. The van der Waals surface area contributed by atoms with Crippen LogP contribution in [0.5, 0.6) is 0 Å². The van der Waals surface area contributed by atoms with Gasteiger partial charge in [0.2, 0.25) is 0 Å². The summed E-state index contributed by atoms with van der Waals surface area (Å²) in [5.74, 6) is 0. The lowest BCUT2D eigenvalue weighted by Gasteiger charge is -1.87. The van der Waals surface area contributed by atoms with Gasteiger partial charge in [0.25, 0.3) is 0 Å². The van der Waals surface area contributed by atoms with E-state index in [-0.39, 0.29) is 24.8 Å². The third-order valence-corrected chi connectivity index (χ3v) is 0.978. The Morgan fingerprint density at radius 3 is 2.67 bits per heavy atom. The van der Waals surface area contributed by atoms with E-state index >= 15 is 0 Å². The maximum Gasteiger partial charge on any atom is 0.106 e. The quantitative estimate of drug-likeness (QED) is 0.550. The lowest BCUT2D eigenvalue weighted by atomic mass is 10.4. The molecule has 0 spiro atoms. The molecule has 0 fully saturated rings. The van der Waals surface area contributed by atoms with Gasteiger partial charge in [-0.1, -0.05) is 11.2 Å². The van der Waals surface area contributed by atoms with Gasteiger partial charge in [0.05, 0.1) is 11.9 Å². The average Bonchev–Trinajstić information content (AvgIpc) is 2.03. The summed E-state index contributed by atoms with van der Waals surface area (Å²) in [4.78, 5) is 8.46. The van der Waals surface area contributed by atoms with Crippen LogP contribution in [0.4, 0.5) is 0 Å². The molecule has 0 saturated heterocycles. The molecule has 0 atom stereocenters. The van der Waals surface area contributed by atoms with Crippen molar-refractivity contribution in [1.29, 1.82) is 0 Å². The van der Waals surface area contributed by atoms with Gasteiger partial charge in [-0.05, 0) is 12.1 Å². The highest BCUT2D eigenvalue weighted by atomic mass is 35.5. The Hall–Kier alpha value is -0.800. The van der Waals surface area contributed by atoms with Crippen LogP contribution in [-0.2, 0) is 4.84 Å². The van der Waals surface area contributed by atoms with Crippen molar-refractivity contribution in [2.75, 3.05) is 7.11 Å². The van der Waals surface area contributed by atoms with Gasteiger partial charge in [0, 0.05) is 6.20 Å². The summed E-state index contributed by atoms with van der Waals surface area (Å²) in [7, 11) is 1.50. The monoisotopic (exact) mass is 208 g/mol. The van der Waals surface area contributed by atoms with Gasteiger partial charge in [0.1, 0.15) is 7.11 Å². The number of oxime groups is 1. The number of aromatic nitrogens is 1. The van der Waals surface area contributed by atoms with Gasteiger partial charge in [-0.3, -0.25) is 4.98 Å². The summed E-state index contributed by atoms with van der Waals surface area (Å²) in [6, 6.07) is 5.59. The van der Waals surface area contributed by atoms with E-state index in [4.69, 9.17) is 0 Å². The van der Waals surface area contributed by atoms with Crippen molar-refractivity contribution in [3.63, 3.8) is 0 Å². The molecule has 0 aromatic carbocycles. The highest BCUT2D eigenvalue weighted by molar-refractivity contribution is 5.85. The molecule has 0 radical (unpaired) electrons. The van der Waals surface area contributed by atoms with Crippen molar-refractivity contribution in [3.05, 3.63) is 30.1 Å². The zero-order valence-corrected chi connectivity index (χ0v) is 8.14. The van der Waals surface area contributed by atoms with Crippen molar-refractivity contribution >= 4 is 31.0 Å². The smallest absolute Gasteiger partial charge is 0.106 e. The summed E-state index contributed by atoms with van der Waals surface area (Å²) < 4.78 is 0. The molecule has 0 N–H and O–H groups in total. The SMILES string of the molecule is CON=Cc1ccccn1.Cl.Cl. The Labute approximate surface area is 83.7 Å². The topological polar surface area (TPSA) is 34.5 Å². The second-order valence-electron chi connectivity index (χ2n) is 1.67. The molecule has 1 rings (SSSR count). The average molecular weight is 209 g/mol. The van der Waals surface area contributed by atoms with Gasteiger partial charge in [-0.2, -0.15) is 0 Å². The van der Waals surface area contributed by atoms with E-state index < -0.39 is 0 Å². The van der Waals surface area contributed by atoms with Crippen LogP contribution in [0.15, 0.2) is 29.6 Å². The molecule has 5 heteroatoms. The third kappa shape index (κ3) is 4.93. The van der Waals surface area contributed by atoms with E-state index in [0.29, 0.717) is 0 Å². The van der Waals surface area contributed by atoms with Crippen molar-refractivity contribution in [2.24, 2.45) is 5.16 Å². The predicted molar refractivity (Wildman–Crippen MR) is 53.3 cm³/mol. The fourth-order valence-electron chi connectivity index (χ4n) is 0.559. The molecule has 3 nitrogen and oxygen atoms in total. The summed E-state index contributed by atoms with van der Waals surface area (Å²) in [5, 5.41) is 3.55. The molecule has 0 aliphatic rings. The van der Waals surface area contributed by atoms with Crippen molar-refractivity contribution in [1.82, 2.24) is 4.98 Å². The Morgan fingerprint density at radius 2 is 2.17 bits per heavy atom. The second-order valence-corrected chi connectivity index (χ2v) is 1.67. The minimum Gasteiger partial charge on any atom is -0.399 e. The van der Waals surface area contributed by atoms with E-state index in [1.54, 1.807) is 12.4 Å². The first kappa shape index (κ1) is 13.8. The van der Waals surface area contributed by atoms with Crippen LogP contribution >= 0.6 is 24.8 Å². The van der Waals surface area contributed by atoms with E-state index in [2.05, 4.69) is 15.0 Å². The van der Waals surface area contributed by atoms with Crippen molar-refractivity contribution < 1.29 is 4.84 Å². The number of hydrogen-bond acceptors (Lipinski definition) is 3. The third-order valence-electron chi connectivity index (χ3n) is 0.978. The molecule has 1 heterocycles. The summed E-state index contributed by atoms with van der Waals surface area (Å²) in [6.07, 6.45) is 3.26. The lowest BCUT2D eigenvalue weighted by molar-refractivity contribution is 0.215.